The molecule has 0 spiro atoms. The van der Waals surface area contributed by atoms with Crippen molar-refractivity contribution in [2.75, 3.05) is 34.2 Å². The highest BCUT2D eigenvalue weighted by atomic mass is 32.2. The Morgan fingerprint density at radius 3 is 2.33 bits per heavy atom. The van der Waals surface area contributed by atoms with Gasteiger partial charge in [0.25, 0.3) is 0 Å². The van der Waals surface area contributed by atoms with E-state index in [4.69, 9.17) is 0 Å². The molecule has 2 rings (SSSR count). The van der Waals surface area contributed by atoms with E-state index in [1.807, 2.05) is 33.3 Å². The van der Waals surface area contributed by atoms with Crippen LogP contribution < -0.4 is 5.32 Å². The first kappa shape index (κ1) is 16.4. The molecular formula is C15H25N3O2S. The molecule has 1 fully saturated rings. The highest BCUT2D eigenvalue weighted by Gasteiger charge is 2.37. The van der Waals surface area contributed by atoms with Gasteiger partial charge in [0, 0.05) is 25.7 Å². The molecule has 0 radical (unpaired) electrons. The zero-order chi connectivity index (χ0) is 15.6. The summed E-state index contributed by atoms with van der Waals surface area (Å²) in [5.74, 6) is 0.346. The number of benzene rings is 1. The second kappa shape index (κ2) is 6.44. The zero-order valence-corrected chi connectivity index (χ0v) is 14.0. The quantitative estimate of drug-likeness (QED) is 0.881. The van der Waals surface area contributed by atoms with E-state index in [0.29, 0.717) is 23.9 Å². The van der Waals surface area contributed by atoms with Gasteiger partial charge in [-0.05, 0) is 44.8 Å². The van der Waals surface area contributed by atoms with Gasteiger partial charge >= 0.3 is 0 Å². The van der Waals surface area contributed by atoms with Crippen molar-refractivity contribution in [1.82, 2.24) is 14.5 Å². The summed E-state index contributed by atoms with van der Waals surface area (Å²) >= 11 is 0. The van der Waals surface area contributed by atoms with Crippen molar-refractivity contribution >= 4 is 10.0 Å². The summed E-state index contributed by atoms with van der Waals surface area (Å²) in [5.41, 5.74) is 1.08. The van der Waals surface area contributed by atoms with Crippen LogP contribution in [0.4, 0.5) is 0 Å². The standard InChI is InChI=1S/C15H25N3O2S/c1-12-10-18(11-15(12)17(3)4)21(19,20)14-7-5-13(6-8-14)9-16-2/h5-8,12,15-16H,9-11H2,1-4H3. The second-order valence-electron chi connectivity index (χ2n) is 6.00. The van der Waals surface area contributed by atoms with Crippen LogP contribution in [0.2, 0.25) is 0 Å². The van der Waals surface area contributed by atoms with E-state index < -0.39 is 10.0 Å². The third kappa shape index (κ3) is 3.45. The Morgan fingerprint density at radius 2 is 1.86 bits per heavy atom. The van der Waals surface area contributed by atoms with Gasteiger partial charge in [-0.25, -0.2) is 8.42 Å². The molecule has 0 bridgehead atoms. The Morgan fingerprint density at radius 1 is 1.24 bits per heavy atom. The molecule has 1 aromatic rings. The van der Waals surface area contributed by atoms with Crippen molar-refractivity contribution in [3.05, 3.63) is 29.8 Å². The molecule has 6 heteroatoms. The fraction of sp³-hybridized carbons (Fsp3) is 0.600. The summed E-state index contributed by atoms with van der Waals surface area (Å²) in [7, 11) is 2.50. The lowest BCUT2D eigenvalue weighted by molar-refractivity contribution is 0.263. The van der Waals surface area contributed by atoms with Crippen molar-refractivity contribution in [1.29, 1.82) is 0 Å². The fourth-order valence-electron chi connectivity index (χ4n) is 2.91. The second-order valence-corrected chi connectivity index (χ2v) is 7.94. The molecule has 21 heavy (non-hydrogen) atoms. The molecule has 118 valence electrons. The summed E-state index contributed by atoms with van der Waals surface area (Å²) in [4.78, 5) is 2.49. The summed E-state index contributed by atoms with van der Waals surface area (Å²) in [6.45, 7) is 4.00. The Hall–Kier alpha value is -0.950. The summed E-state index contributed by atoms with van der Waals surface area (Å²) in [6, 6.07) is 7.42. The number of rotatable bonds is 5. The van der Waals surface area contributed by atoms with Crippen molar-refractivity contribution in [3.63, 3.8) is 0 Å². The zero-order valence-electron chi connectivity index (χ0n) is 13.2. The van der Waals surface area contributed by atoms with Gasteiger partial charge in [-0.1, -0.05) is 19.1 Å². The summed E-state index contributed by atoms with van der Waals surface area (Å²) < 4.78 is 27.0. The molecular weight excluding hydrogens is 286 g/mol. The van der Waals surface area contributed by atoms with Gasteiger partial charge in [-0.3, -0.25) is 0 Å². The molecule has 1 N–H and O–H groups in total. The van der Waals surface area contributed by atoms with Crippen LogP contribution in [-0.4, -0.2) is 57.9 Å². The molecule has 1 saturated heterocycles. The molecule has 2 atom stereocenters. The molecule has 0 aromatic heterocycles. The van der Waals surface area contributed by atoms with Crippen LogP contribution in [-0.2, 0) is 16.6 Å². The van der Waals surface area contributed by atoms with E-state index in [0.717, 1.165) is 12.1 Å². The normalized spacial score (nSPS) is 23.9. The van der Waals surface area contributed by atoms with Crippen LogP contribution in [0.3, 0.4) is 0 Å². The highest BCUT2D eigenvalue weighted by molar-refractivity contribution is 7.89. The van der Waals surface area contributed by atoms with Gasteiger partial charge in [-0.15, -0.1) is 0 Å². The van der Waals surface area contributed by atoms with Gasteiger partial charge in [0.15, 0.2) is 0 Å². The number of nitrogens with one attached hydrogen (secondary N) is 1. The van der Waals surface area contributed by atoms with Gasteiger partial charge in [0.05, 0.1) is 4.90 Å². The van der Waals surface area contributed by atoms with Crippen LogP contribution in [0.1, 0.15) is 12.5 Å². The number of hydrogen-bond donors (Lipinski definition) is 1. The van der Waals surface area contributed by atoms with Crippen molar-refractivity contribution in [2.24, 2.45) is 5.92 Å². The molecule has 1 aliphatic rings. The monoisotopic (exact) mass is 311 g/mol. The molecule has 1 heterocycles. The van der Waals surface area contributed by atoms with Gasteiger partial charge in [0.2, 0.25) is 10.0 Å². The lowest BCUT2D eigenvalue weighted by Gasteiger charge is -2.22. The van der Waals surface area contributed by atoms with Crippen LogP contribution >= 0.6 is 0 Å². The predicted octanol–water partition coefficient (Wildman–Crippen LogP) is 0.977. The highest BCUT2D eigenvalue weighted by Crippen LogP contribution is 2.26. The third-order valence-corrected chi connectivity index (χ3v) is 5.99. The number of hydrogen-bond acceptors (Lipinski definition) is 4. The van der Waals surface area contributed by atoms with E-state index in [-0.39, 0.29) is 6.04 Å². The first-order valence-electron chi connectivity index (χ1n) is 7.26. The fourth-order valence-corrected chi connectivity index (χ4v) is 4.47. The van der Waals surface area contributed by atoms with E-state index in [2.05, 4.69) is 17.1 Å². The Kier molecular flexibility index (Phi) is 5.03. The van der Waals surface area contributed by atoms with Gasteiger partial charge in [0.1, 0.15) is 0 Å². The largest absolute Gasteiger partial charge is 0.316 e. The minimum atomic E-state index is -3.38. The molecule has 2 unspecified atom stereocenters. The topological polar surface area (TPSA) is 52.7 Å². The Labute approximate surface area is 128 Å². The molecule has 1 aromatic carbocycles. The summed E-state index contributed by atoms with van der Waals surface area (Å²) in [5, 5.41) is 3.06. The molecule has 1 aliphatic heterocycles. The lowest BCUT2D eigenvalue weighted by atomic mass is 10.1. The average molecular weight is 311 g/mol. The number of sulfonamides is 1. The van der Waals surface area contributed by atoms with E-state index in [1.54, 1.807) is 16.4 Å². The summed E-state index contributed by atoms with van der Waals surface area (Å²) in [6.07, 6.45) is 0. The molecule has 5 nitrogen and oxygen atoms in total. The van der Waals surface area contributed by atoms with Crippen molar-refractivity contribution in [2.45, 2.75) is 24.4 Å². The van der Waals surface area contributed by atoms with Crippen molar-refractivity contribution < 1.29 is 8.42 Å². The predicted molar refractivity (Wildman–Crippen MR) is 84.6 cm³/mol. The third-order valence-electron chi connectivity index (χ3n) is 4.14. The first-order valence-corrected chi connectivity index (χ1v) is 8.70. The smallest absolute Gasteiger partial charge is 0.243 e. The Bertz CT molecular complexity index is 569. The average Bonchev–Trinajstić information content (AvgIpc) is 2.83. The maximum atomic E-state index is 12.7. The molecule has 0 aliphatic carbocycles. The van der Waals surface area contributed by atoms with Gasteiger partial charge < -0.3 is 10.2 Å². The Balaban J connectivity index is 2.19. The van der Waals surface area contributed by atoms with E-state index in [1.165, 1.54) is 0 Å². The van der Waals surface area contributed by atoms with E-state index >= 15 is 0 Å². The minimum absolute atomic E-state index is 0.281. The molecule has 0 saturated carbocycles. The van der Waals surface area contributed by atoms with Crippen LogP contribution in [0.5, 0.6) is 0 Å². The van der Waals surface area contributed by atoms with Gasteiger partial charge in [-0.2, -0.15) is 4.31 Å². The minimum Gasteiger partial charge on any atom is -0.316 e. The number of nitrogens with zero attached hydrogens (tertiary/aromatic N) is 2. The lowest BCUT2D eigenvalue weighted by Crippen LogP contribution is -2.35. The van der Waals surface area contributed by atoms with E-state index in [9.17, 15) is 8.42 Å². The maximum absolute atomic E-state index is 12.7. The SMILES string of the molecule is CNCc1ccc(S(=O)(=O)N2CC(C)C(N(C)C)C2)cc1. The van der Waals surface area contributed by atoms with Crippen molar-refractivity contribution in [3.8, 4) is 0 Å². The maximum Gasteiger partial charge on any atom is 0.243 e. The first-order chi connectivity index (χ1) is 9.86. The van der Waals surface area contributed by atoms with Crippen LogP contribution in [0.25, 0.3) is 0 Å². The molecule has 0 amide bonds. The van der Waals surface area contributed by atoms with Crippen LogP contribution in [0.15, 0.2) is 29.2 Å². The number of likely N-dealkylation sites (N-methyl/N-ethyl adjacent to an activating group) is 1. The van der Waals surface area contributed by atoms with Crippen LogP contribution in [0, 0.1) is 5.92 Å².